The molecule has 0 saturated carbocycles. The van der Waals surface area contributed by atoms with Crippen LogP contribution in [-0.2, 0) is 19.1 Å². The third-order valence-corrected chi connectivity index (χ3v) is 4.33. The molecule has 0 bridgehead atoms. The number of halogens is 3. The summed E-state index contributed by atoms with van der Waals surface area (Å²) in [6, 6.07) is 1.01. The van der Waals surface area contributed by atoms with E-state index in [1.54, 1.807) is 13.8 Å². The van der Waals surface area contributed by atoms with Gasteiger partial charge in [0.2, 0.25) is 0 Å². The summed E-state index contributed by atoms with van der Waals surface area (Å²) >= 11 is 5.54. The zero-order valence-corrected chi connectivity index (χ0v) is 13.9. The molecule has 0 aromatic heterocycles. The van der Waals surface area contributed by atoms with Gasteiger partial charge >= 0.3 is 0 Å². The van der Waals surface area contributed by atoms with Crippen LogP contribution in [0.15, 0.2) is 12.1 Å². The van der Waals surface area contributed by atoms with Crippen molar-refractivity contribution in [1.82, 2.24) is 5.32 Å². The third-order valence-electron chi connectivity index (χ3n) is 3.99. The predicted octanol–water partition coefficient (Wildman–Crippen LogP) is 1.60. The number of nitrogens with zero attached hydrogens (tertiary/aromatic N) is 1. The Bertz CT molecular complexity index is 728. The normalized spacial score (nSPS) is 27.8. The Morgan fingerprint density at radius 1 is 1.33 bits per heavy atom. The molecule has 0 spiro atoms. The van der Waals surface area contributed by atoms with Crippen LogP contribution in [-0.4, -0.2) is 42.9 Å². The van der Waals surface area contributed by atoms with Gasteiger partial charge in [0.25, 0.3) is 11.8 Å². The van der Waals surface area contributed by atoms with Crippen LogP contribution in [0.25, 0.3) is 0 Å². The Morgan fingerprint density at radius 3 is 2.67 bits per heavy atom. The van der Waals surface area contributed by atoms with Crippen LogP contribution >= 0.6 is 11.6 Å². The highest BCUT2D eigenvalue weighted by molar-refractivity contribution is 6.31. The monoisotopic (exact) mass is 360 g/mol. The number of anilines is 1. The Morgan fingerprint density at radius 2 is 2.00 bits per heavy atom. The Labute approximate surface area is 141 Å². The van der Waals surface area contributed by atoms with Crippen molar-refractivity contribution < 1.29 is 27.8 Å². The average Bonchev–Trinajstić information content (AvgIpc) is 2.98. The number of fused-ring (bicyclic) bond motifs is 1. The highest BCUT2D eigenvalue weighted by Crippen LogP contribution is 2.35. The molecule has 2 fully saturated rings. The molecule has 6 nitrogen and oxygen atoms in total. The fourth-order valence-corrected chi connectivity index (χ4v) is 3.02. The fraction of sp³-hybridized carbons (Fsp3) is 0.467. The number of ether oxygens (including phenoxy) is 2. The molecule has 0 radical (unpaired) electrons. The lowest BCUT2D eigenvalue weighted by Crippen LogP contribution is -2.49. The lowest BCUT2D eigenvalue weighted by atomic mass is 10.1. The van der Waals surface area contributed by atoms with Gasteiger partial charge in [-0.05, 0) is 26.0 Å². The molecule has 3 unspecified atom stereocenters. The zero-order valence-electron chi connectivity index (χ0n) is 13.1. The van der Waals surface area contributed by atoms with Gasteiger partial charge in [-0.15, -0.1) is 0 Å². The molecule has 1 aromatic carbocycles. The number of carbonyl (C=O) groups excluding carboxylic acids is 2. The van der Waals surface area contributed by atoms with E-state index in [1.165, 1.54) is 7.05 Å². The smallest absolute Gasteiger partial charge is 0.252 e. The molecule has 0 aliphatic carbocycles. The Balaban J connectivity index is 1.87. The first-order valence-electron chi connectivity index (χ1n) is 7.19. The number of amides is 2. The van der Waals surface area contributed by atoms with Crippen molar-refractivity contribution in [2.45, 2.75) is 37.9 Å². The summed E-state index contributed by atoms with van der Waals surface area (Å²) in [4.78, 5) is 25.6. The van der Waals surface area contributed by atoms with Crippen LogP contribution in [0.4, 0.5) is 14.5 Å². The maximum Gasteiger partial charge on any atom is 0.252 e. The minimum Gasteiger partial charge on any atom is -0.341 e. The molecule has 130 valence electrons. The highest BCUT2D eigenvalue weighted by Gasteiger charge is 2.56. The standard InChI is InChI=1S/C15H15ClF2N2O4/c1-15(2)23-11-10(19-13(21)12(11)24-15)14(22)20(3)7-5-4-6(17)8(16)9(7)18/h4-5,10-12H,1-3H3,(H,19,21). The van der Waals surface area contributed by atoms with Crippen molar-refractivity contribution in [2.24, 2.45) is 0 Å². The molecule has 2 saturated heterocycles. The minimum absolute atomic E-state index is 0.206. The molecule has 2 amide bonds. The van der Waals surface area contributed by atoms with Gasteiger partial charge in [0, 0.05) is 7.05 Å². The van der Waals surface area contributed by atoms with Gasteiger partial charge in [-0.2, -0.15) is 0 Å². The summed E-state index contributed by atoms with van der Waals surface area (Å²) in [6.07, 6.45) is -1.74. The highest BCUT2D eigenvalue weighted by atomic mass is 35.5. The Hall–Kier alpha value is -1.77. The number of benzene rings is 1. The first-order chi connectivity index (χ1) is 11.1. The second-order valence-corrected chi connectivity index (χ2v) is 6.48. The van der Waals surface area contributed by atoms with E-state index in [4.69, 9.17) is 21.1 Å². The van der Waals surface area contributed by atoms with Gasteiger partial charge in [-0.25, -0.2) is 8.78 Å². The van der Waals surface area contributed by atoms with Crippen LogP contribution in [0.2, 0.25) is 5.02 Å². The number of carbonyl (C=O) groups is 2. The van der Waals surface area contributed by atoms with Crippen LogP contribution < -0.4 is 10.2 Å². The number of likely N-dealkylation sites (N-methyl/N-ethyl adjacent to an activating group) is 1. The van der Waals surface area contributed by atoms with Gasteiger partial charge < -0.3 is 19.7 Å². The van der Waals surface area contributed by atoms with E-state index in [-0.39, 0.29) is 5.69 Å². The van der Waals surface area contributed by atoms with E-state index in [1.807, 2.05) is 0 Å². The second-order valence-electron chi connectivity index (χ2n) is 6.10. The largest absolute Gasteiger partial charge is 0.341 e. The van der Waals surface area contributed by atoms with Crippen molar-refractivity contribution >= 4 is 29.1 Å². The van der Waals surface area contributed by atoms with Crippen molar-refractivity contribution in [1.29, 1.82) is 0 Å². The van der Waals surface area contributed by atoms with Crippen LogP contribution in [0.1, 0.15) is 13.8 Å². The molecule has 2 aliphatic rings. The van der Waals surface area contributed by atoms with Gasteiger partial charge in [0.15, 0.2) is 17.7 Å². The topological polar surface area (TPSA) is 67.9 Å². The quantitative estimate of drug-likeness (QED) is 0.813. The van der Waals surface area contributed by atoms with Crippen LogP contribution in [0, 0.1) is 11.6 Å². The third kappa shape index (κ3) is 2.64. The first kappa shape index (κ1) is 17.1. The molecule has 9 heteroatoms. The summed E-state index contributed by atoms with van der Waals surface area (Å²) < 4.78 is 38.5. The number of hydrogen-bond acceptors (Lipinski definition) is 4. The molecular formula is C15H15ClF2N2O4. The second kappa shape index (κ2) is 5.65. The fourth-order valence-electron chi connectivity index (χ4n) is 2.86. The van der Waals surface area contributed by atoms with Crippen molar-refractivity contribution in [2.75, 3.05) is 11.9 Å². The maximum atomic E-state index is 14.1. The number of rotatable bonds is 2. The van der Waals surface area contributed by atoms with Crippen LogP contribution in [0.5, 0.6) is 0 Å². The molecule has 2 heterocycles. The van der Waals surface area contributed by atoms with E-state index >= 15 is 0 Å². The van der Waals surface area contributed by atoms with Gasteiger partial charge in [0.1, 0.15) is 23.0 Å². The minimum atomic E-state index is -1.06. The summed E-state index contributed by atoms with van der Waals surface area (Å²) in [6.45, 7) is 3.26. The van der Waals surface area contributed by atoms with Crippen LogP contribution in [0.3, 0.4) is 0 Å². The summed E-state index contributed by atoms with van der Waals surface area (Å²) in [5.41, 5.74) is -0.206. The van der Waals surface area contributed by atoms with E-state index in [2.05, 4.69) is 5.32 Å². The van der Waals surface area contributed by atoms with Crippen molar-refractivity contribution in [3.63, 3.8) is 0 Å². The van der Waals surface area contributed by atoms with E-state index < -0.39 is 52.5 Å². The number of nitrogens with one attached hydrogen (secondary N) is 1. The lowest BCUT2D eigenvalue weighted by molar-refractivity contribution is -0.164. The molecule has 1 N–H and O–H groups in total. The molecular weight excluding hydrogens is 346 g/mol. The SMILES string of the molecule is CN(C(=O)C1NC(=O)C2OC(C)(C)OC12)c1ccc(F)c(Cl)c1F. The summed E-state index contributed by atoms with van der Waals surface area (Å²) in [5.74, 6) is -4.09. The predicted molar refractivity (Wildman–Crippen MR) is 80.5 cm³/mol. The van der Waals surface area contributed by atoms with Crippen molar-refractivity contribution in [3.05, 3.63) is 28.8 Å². The molecule has 2 aliphatic heterocycles. The van der Waals surface area contributed by atoms with Crippen molar-refractivity contribution in [3.8, 4) is 0 Å². The maximum absolute atomic E-state index is 14.1. The first-order valence-corrected chi connectivity index (χ1v) is 7.57. The van der Waals surface area contributed by atoms with Gasteiger partial charge in [0.05, 0.1) is 5.69 Å². The van der Waals surface area contributed by atoms with E-state index in [0.29, 0.717) is 0 Å². The summed E-state index contributed by atoms with van der Waals surface area (Å²) in [7, 11) is 1.30. The molecule has 1 aromatic rings. The van der Waals surface area contributed by atoms with E-state index in [0.717, 1.165) is 17.0 Å². The molecule has 24 heavy (non-hydrogen) atoms. The average molecular weight is 361 g/mol. The zero-order chi connectivity index (χ0) is 17.8. The number of hydrogen-bond donors (Lipinski definition) is 1. The summed E-state index contributed by atoms with van der Waals surface area (Å²) in [5, 5.41) is 1.77. The lowest BCUT2D eigenvalue weighted by Gasteiger charge is -2.26. The molecule has 3 atom stereocenters. The van der Waals surface area contributed by atoms with Gasteiger partial charge in [-0.1, -0.05) is 11.6 Å². The van der Waals surface area contributed by atoms with E-state index in [9.17, 15) is 18.4 Å². The Kier molecular flexibility index (Phi) is 4.01. The molecule has 3 rings (SSSR count). The van der Waals surface area contributed by atoms with Gasteiger partial charge in [-0.3, -0.25) is 9.59 Å².